The summed E-state index contributed by atoms with van der Waals surface area (Å²) in [6, 6.07) is 4.97. The first-order valence-electron chi connectivity index (χ1n) is 9.35. The molecule has 1 aliphatic rings. The van der Waals surface area contributed by atoms with Gasteiger partial charge in [0.15, 0.2) is 5.13 Å². The average Bonchev–Trinajstić information content (AvgIpc) is 2.96. The van der Waals surface area contributed by atoms with Crippen LogP contribution in [0.25, 0.3) is 0 Å². The van der Waals surface area contributed by atoms with Crippen molar-refractivity contribution in [3.05, 3.63) is 34.8 Å². The molecule has 1 N–H and O–H groups in total. The molecule has 1 fully saturated rings. The smallest absolute Gasteiger partial charge is 0.257 e. The van der Waals surface area contributed by atoms with Crippen molar-refractivity contribution in [2.45, 2.75) is 32.1 Å². The van der Waals surface area contributed by atoms with Crippen LogP contribution in [0.4, 0.5) is 5.13 Å². The van der Waals surface area contributed by atoms with Gasteiger partial charge in [0.2, 0.25) is 5.91 Å². The molecule has 0 bridgehead atoms. The first-order chi connectivity index (χ1) is 13.6. The summed E-state index contributed by atoms with van der Waals surface area (Å²) in [5, 5.41) is 5.06. The Labute approximate surface area is 168 Å². The number of likely N-dealkylation sites (tertiary alicyclic amines) is 1. The second-order valence-corrected chi connectivity index (χ2v) is 7.53. The number of hydrogen-bond acceptors (Lipinski definition) is 6. The zero-order valence-corrected chi connectivity index (χ0v) is 17.0. The molecule has 2 aromatic rings. The van der Waals surface area contributed by atoms with Gasteiger partial charge in [-0.15, -0.1) is 11.3 Å². The van der Waals surface area contributed by atoms with E-state index in [0.29, 0.717) is 27.9 Å². The van der Waals surface area contributed by atoms with E-state index in [1.54, 1.807) is 18.2 Å². The lowest BCUT2D eigenvalue weighted by molar-refractivity contribution is -0.130. The van der Waals surface area contributed by atoms with Crippen LogP contribution in [-0.2, 0) is 11.2 Å². The number of hydrogen-bond donors (Lipinski definition) is 1. The molecule has 1 aromatic carbocycles. The molecular weight excluding hydrogens is 378 g/mol. The zero-order chi connectivity index (χ0) is 19.9. The van der Waals surface area contributed by atoms with Crippen molar-refractivity contribution in [1.82, 2.24) is 9.88 Å². The van der Waals surface area contributed by atoms with E-state index in [1.165, 1.54) is 38.4 Å². The molecule has 1 saturated heterocycles. The van der Waals surface area contributed by atoms with E-state index in [9.17, 15) is 9.59 Å². The van der Waals surface area contributed by atoms with Crippen LogP contribution in [0, 0.1) is 0 Å². The fraction of sp³-hybridized carbons (Fsp3) is 0.450. The molecule has 7 nitrogen and oxygen atoms in total. The maximum Gasteiger partial charge on any atom is 0.257 e. The van der Waals surface area contributed by atoms with E-state index in [1.807, 2.05) is 10.3 Å². The monoisotopic (exact) mass is 403 g/mol. The maximum atomic E-state index is 12.5. The Morgan fingerprint density at radius 1 is 1.07 bits per heavy atom. The van der Waals surface area contributed by atoms with Gasteiger partial charge in [-0.05, 0) is 25.0 Å². The van der Waals surface area contributed by atoms with Crippen molar-refractivity contribution in [2.24, 2.45) is 0 Å². The van der Waals surface area contributed by atoms with Crippen molar-refractivity contribution in [3.8, 4) is 11.5 Å². The van der Waals surface area contributed by atoms with Crippen molar-refractivity contribution in [3.63, 3.8) is 0 Å². The van der Waals surface area contributed by atoms with Crippen molar-refractivity contribution in [1.29, 1.82) is 0 Å². The number of amides is 2. The van der Waals surface area contributed by atoms with Crippen LogP contribution in [0.1, 0.15) is 41.7 Å². The van der Waals surface area contributed by atoms with Crippen LogP contribution in [0.15, 0.2) is 23.6 Å². The summed E-state index contributed by atoms with van der Waals surface area (Å²) in [6.07, 6.45) is 4.76. The summed E-state index contributed by atoms with van der Waals surface area (Å²) in [5.41, 5.74) is 1.09. The molecule has 0 radical (unpaired) electrons. The number of nitrogens with one attached hydrogen (secondary N) is 1. The third kappa shape index (κ3) is 5.22. The minimum absolute atomic E-state index is 0.0996. The van der Waals surface area contributed by atoms with E-state index in [4.69, 9.17) is 9.47 Å². The van der Waals surface area contributed by atoms with Gasteiger partial charge < -0.3 is 14.4 Å². The van der Waals surface area contributed by atoms with Crippen LogP contribution in [0.3, 0.4) is 0 Å². The SMILES string of the molecule is COc1cc(OC)cc(C(=O)Nc2nc(CC(=O)N3CCCCCC3)cs2)c1. The van der Waals surface area contributed by atoms with Crippen LogP contribution in [-0.4, -0.2) is 49.0 Å². The zero-order valence-electron chi connectivity index (χ0n) is 16.2. The number of thiazole rings is 1. The van der Waals surface area contributed by atoms with Crippen molar-refractivity contribution < 1.29 is 19.1 Å². The van der Waals surface area contributed by atoms with Crippen molar-refractivity contribution in [2.75, 3.05) is 32.6 Å². The first-order valence-corrected chi connectivity index (χ1v) is 10.2. The van der Waals surface area contributed by atoms with Crippen LogP contribution >= 0.6 is 11.3 Å². The topological polar surface area (TPSA) is 80.8 Å². The molecule has 0 saturated carbocycles. The lowest BCUT2D eigenvalue weighted by Gasteiger charge is -2.19. The summed E-state index contributed by atoms with van der Waals surface area (Å²) in [7, 11) is 3.07. The number of carbonyl (C=O) groups is 2. The highest BCUT2D eigenvalue weighted by Crippen LogP contribution is 2.24. The third-order valence-corrected chi connectivity index (χ3v) is 5.48. The van der Waals surface area contributed by atoms with Gasteiger partial charge in [-0.25, -0.2) is 4.98 Å². The molecule has 0 unspecified atom stereocenters. The van der Waals surface area contributed by atoms with Gasteiger partial charge in [0.1, 0.15) is 11.5 Å². The predicted octanol–water partition coefficient (Wildman–Crippen LogP) is 3.36. The first kappa shape index (κ1) is 20.1. The number of ether oxygens (including phenoxy) is 2. The van der Waals surface area contributed by atoms with E-state index in [2.05, 4.69) is 10.3 Å². The number of nitrogens with zero attached hydrogens (tertiary/aromatic N) is 2. The lowest BCUT2D eigenvalue weighted by Crippen LogP contribution is -2.33. The Bertz CT molecular complexity index is 806. The summed E-state index contributed by atoms with van der Waals surface area (Å²) in [4.78, 5) is 31.3. The molecule has 3 rings (SSSR count). The number of carbonyl (C=O) groups excluding carboxylic acids is 2. The second kappa shape index (κ2) is 9.54. The Morgan fingerprint density at radius 2 is 1.71 bits per heavy atom. The maximum absolute atomic E-state index is 12.5. The number of benzene rings is 1. The van der Waals surface area contributed by atoms with Gasteiger partial charge in [-0.1, -0.05) is 12.8 Å². The van der Waals surface area contributed by atoms with Crippen LogP contribution in [0.2, 0.25) is 0 Å². The summed E-state index contributed by atoms with van der Waals surface area (Å²) < 4.78 is 10.4. The molecule has 2 heterocycles. The van der Waals surface area contributed by atoms with Gasteiger partial charge >= 0.3 is 0 Å². The quantitative estimate of drug-likeness (QED) is 0.800. The molecule has 1 aromatic heterocycles. The highest BCUT2D eigenvalue weighted by molar-refractivity contribution is 7.14. The molecule has 28 heavy (non-hydrogen) atoms. The number of anilines is 1. The van der Waals surface area contributed by atoms with Crippen LogP contribution in [0.5, 0.6) is 11.5 Å². The standard InChI is InChI=1S/C20H25N3O4S/c1-26-16-9-14(10-17(12-16)27-2)19(25)22-20-21-15(13-28-20)11-18(24)23-7-5-3-4-6-8-23/h9-10,12-13H,3-8,11H2,1-2H3,(H,21,22,25). The Balaban J connectivity index is 1.62. The molecule has 0 atom stereocenters. The lowest BCUT2D eigenvalue weighted by atomic mass is 10.2. The molecular formula is C20H25N3O4S. The van der Waals surface area contributed by atoms with Gasteiger partial charge in [0, 0.05) is 30.1 Å². The predicted molar refractivity (Wildman–Crippen MR) is 108 cm³/mol. The molecule has 1 aliphatic heterocycles. The van der Waals surface area contributed by atoms with E-state index < -0.39 is 0 Å². The Hall–Kier alpha value is -2.61. The van der Waals surface area contributed by atoms with Gasteiger partial charge in [0.25, 0.3) is 5.91 Å². The Morgan fingerprint density at radius 3 is 2.32 bits per heavy atom. The van der Waals surface area contributed by atoms with E-state index >= 15 is 0 Å². The summed E-state index contributed by atoms with van der Waals surface area (Å²) >= 11 is 1.31. The van der Waals surface area contributed by atoms with Crippen LogP contribution < -0.4 is 14.8 Å². The molecule has 150 valence electrons. The van der Waals surface area contributed by atoms with E-state index in [-0.39, 0.29) is 18.2 Å². The number of rotatable bonds is 6. The second-order valence-electron chi connectivity index (χ2n) is 6.67. The summed E-state index contributed by atoms with van der Waals surface area (Å²) in [5.74, 6) is 0.860. The largest absolute Gasteiger partial charge is 0.497 e. The fourth-order valence-corrected chi connectivity index (χ4v) is 3.85. The van der Waals surface area contributed by atoms with Gasteiger partial charge in [0.05, 0.1) is 26.3 Å². The normalized spacial score (nSPS) is 14.3. The minimum Gasteiger partial charge on any atom is -0.497 e. The molecule has 0 aliphatic carbocycles. The molecule has 0 spiro atoms. The van der Waals surface area contributed by atoms with Gasteiger partial charge in [-0.3, -0.25) is 14.9 Å². The number of methoxy groups -OCH3 is 2. The minimum atomic E-state index is -0.308. The van der Waals surface area contributed by atoms with Crippen molar-refractivity contribution >= 4 is 28.3 Å². The molecule has 8 heteroatoms. The fourth-order valence-electron chi connectivity index (χ4n) is 3.14. The summed E-state index contributed by atoms with van der Waals surface area (Å²) in [6.45, 7) is 1.65. The third-order valence-electron chi connectivity index (χ3n) is 4.68. The highest BCUT2D eigenvalue weighted by atomic mass is 32.1. The van der Waals surface area contributed by atoms with E-state index in [0.717, 1.165) is 25.9 Å². The van der Waals surface area contributed by atoms with Gasteiger partial charge in [-0.2, -0.15) is 0 Å². The number of aromatic nitrogens is 1. The Kier molecular flexibility index (Phi) is 6.86. The highest BCUT2D eigenvalue weighted by Gasteiger charge is 2.18. The average molecular weight is 404 g/mol. The molecule has 2 amide bonds.